The Labute approximate surface area is 143 Å². The van der Waals surface area contributed by atoms with Gasteiger partial charge in [-0.25, -0.2) is 5.43 Å². The highest BCUT2D eigenvalue weighted by molar-refractivity contribution is 5.82. The number of nitrogens with one attached hydrogen (secondary N) is 1. The minimum Gasteiger partial charge on any atom is -0.483 e. The van der Waals surface area contributed by atoms with E-state index in [1.165, 1.54) is 5.56 Å². The molecule has 1 N–H and O–H groups in total. The predicted molar refractivity (Wildman–Crippen MR) is 97.6 cm³/mol. The molecule has 0 heterocycles. The molecule has 0 aliphatic rings. The lowest BCUT2D eigenvalue weighted by molar-refractivity contribution is -0.123. The fraction of sp³-hybridized carbons (Fsp3) is 0.300. The number of nitrogens with zero attached hydrogens (tertiary/aromatic N) is 1. The number of benzene rings is 2. The molecule has 126 valence electrons. The molecular weight excluding hydrogens is 300 g/mol. The van der Waals surface area contributed by atoms with Gasteiger partial charge in [-0.15, -0.1) is 0 Å². The summed E-state index contributed by atoms with van der Waals surface area (Å²) in [5.74, 6) is 0.957. The van der Waals surface area contributed by atoms with Gasteiger partial charge in [0.2, 0.25) is 0 Å². The first kappa shape index (κ1) is 17.7. The van der Waals surface area contributed by atoms with E-state index in [9.17, 15) is 4.79 Å². The van der Waals surface area contributed by atoms with Crippen molar-refractivity contribution >= 4 is 12.1 Å². The normalized spacial score (nSPS) is 11.0. The summed E-state index contributed by atoms with van der Waals surface area (Å²) in [6.45, 7) is 6.30. The molecule has 4 nitrogen and oxygen atoms in total. The topological polar surface area (TPSA) is 50.7 Å². The smallest absolute Gasteiger partial charge is 0.277 e. The number of ether oxygens (including phenoxy) is 1. The Morgan fingerprint density at radius 1 is 1.17 bits per heavy atom. The van der Waals surface area contributed by atoms with Crippen LogP contribution in [0.3, 0.4) is 0 Å². The van der Waals surface area contributed by atoms with E-state index in [0.29, 0.717) is 5.92 Å². The van der Waals surface area contributed by atoms with Crippen molar-refractivity contribution in [3.8, 4) is 5.75 Å². The van der Waals surface area contributed by atoms with Gasteiger partial charge in [0.1, 0.15) is 5.75 Å². The van der Waals surface area contributed by atoms with Crippen molar-refractivity contribution in [1.29, 1.82) is 0 Å². The highest BCUT2D eigenvalue weighted by atomic mass is 16.5. The van der Waals surface area contributed by atoms with Gasteiger partial charge in [-0.05, 0) is 35.1 Å². The summed E-state index contributed by atoms with van der Waals surface area (Å²) < 4.78 is 5.55. The number of carbonyl (C=O) groups excluding carboxylic acids is 1. The number of hydrogen-bond donors (Lipinski definition) is 1. The summed E-state index contributed by atoms with van der Waals surface area (Å²) in [5, 5.41) is 3.97. The lowest BCUT2D eigenvalue weighted by atomic mass is 10.0. The first-order valence-electron chi connectivity index (χ1n) is 8.22. The van der Waals surface area contributed by atoms with Gasteiger partial charge in [-0.1, -0.05) is 63.2 Å². The molecule has 0 fully saturated rings. The van der Waals surface area contributed by atoms with E-state index >= 15 is 0 Å². The van der Waals surface area contributed by atoms with Crippen LogP contribution in [0.25, 0.3) is 0 Å². The molecule has 4 heteroatoms. The second-order valence-corrected chi connectivity index (χ2v) is 5.86. The van der Waals surface area contributed by atoms with Gasteiger partial charge in [0.05, 0.1) is 6.21 Å². The molecule has 24 heavy (non-hydrogen) atoms. The van der Waals surface area contributed by atoms with Gasteiger partial charge < -0.3 is 4.74 Å². The van der Waals surface area contributed by atoms with Crippen LogP contribution in [-0.4, -0.2) is 18.7 Å². The minimum absolute atomic E-state index is 0.0549. The lowest BCUT2D eigenvalue weighted by Gasteiger charge is -2.09. The van der Waals surface area contributed by atoms with Crippen molar-refractivity contribution in [3.05, 3.63) is 65.2 Å². The third-order valence-electron chi connectivity index (χ3n) is 3.72. The number of hydrazone groups is 1. The van der Waals surface area contributed by atoms with Crippen LogP contribution in [0.15, 0.2) is 53.6 Å². The van der Waals surface area contributed by atoms with E-state index in [0.717, 1.165) is 23.3 Å². The van der Waals surface area contributed by atoms with E-state index in [-0.39, 0.29) is 12.5 Å². The van der Waals surface area contributed by atoms with E-state index in [4.69, 9.17) is 4.74 Å². The summed E-state index contributed by atoms with van der Waals surface area (Å²) in [4.78, 5) is 11.8. The van der Waals surface area contributed by atoms with Crippen LogP contribution in [0.2, 0.25) is 0 Å². The van der Waals surface area contributed by atoms with Gasteiger partial charge >= 0.3 is 0 Å². The molecule has 0 saturated carbocycles. The molecule has 0 atom stereocenters. The predicted octanol–water partition coefficient (Wildman–Crippen LogP) is 3.90. The van der Waals surface area contributed by atoms with E-state index in [1.807, 2.05) is 36.4 Å². The summed E-state index contributed by atoms with van der Waals surface area (Å²) >= 11 is 0. The SMILES string of the molecule is CCc1ccccc1OCC(=O)N/N=C/c1ccc(C(C)C)cc1. The van der Waals surface area contributed by atoms with E-state index < -0.39 is 0 Å². The monoisotopic (exact) mass is 324 g/mol. The largest absolute Gasteiger partial charge is 0.483 e. The van der Waals surface area contributed by atoms with Gasteiger partial charge in [0.25, 0.3) is 5.91 Å². The number of rotatable bonds is 7. The molecule has 2 aromatic carbocycles. The molecule has 0 radical (unpaired) electrons. The Kier molecular flexibility index (Phi) is 6.55. The minimum atomic E-state index is -0.282. The van der Waals surface area contributed by atoms with Crippen molar-refractivity contribution < 1.29 is 9.53 Å². The number of amides is 1. The average molecular weight is 324 g/mol. The fourth-order valence-corrected chi connectivity index (χ4v) is 2.26. The second-order valence-electron chi connectivity index (χ2n) is 5.86. The molecule has 2 aromatic rings. The van der Waals surface area contributed by atoms with E-state index in [1.54, 1.807) is 6.21 Å². The molecule has 0 aliphatic heterocycles. The van der Waals surface area contributed by atoms with Crippen LogP contribution in [-0.2, 0) is 11.2 Å². The third kappa shape index (κ3) is 5.23. The summed E-state index contributed by atoms with van der Waals surface area (Å²) in [7, 11) is 0. The Morgan fingerprint density at radius 2 is 1.88 bits per heavy atom. The van der Waals surface area contributed by atoms with Gasteiger partial charge in [-0.2, -0.15) is 5.10 Å². The number of carbonyl (C=O) groups is 1. The summed E-state index contributed by atoms with van der Waals surface area (Å²) in [5.41, 5.74) is 5.78. The zero-order valence-corrected chi connectivity index (χ0v) is 14.5. The van der Waals surface area contributed by atoms with Crippen LogP contribution in [0.5, 0.6) is 5.75 Å². The molecule has 0 aromatic heterocycles. The number of aryl methyl sites for hydroxylation is 1. The van der Waals surface area contributed by atoms with Crippen molar-refractivity contribution in [2.75, 3.05) is 6.61 Å². The maximum Gasteiger partial charge on any atom is 0.277 e. The first-order valence-corrected chi connectivity index (χ1v) is 8.22. The van der Waals surface area contributed by atoms with Crippen LogP contribution in [0.4, 0.5) is 0 Å². The molecule has 2 rings (SSSR count). The zero-order valence-electron chi connectivity index (χ0n) is 14.5. The van der Waals surface area contributed by atoms with Gasteiger partial charge in [0.15, 0.2) is 6.61 Å². The van der Waals surface area contributed by atoms with Gasteiger partial charge in [-0.3, -0.25) is 4.79 Å². The molecule has 0 aliphatic carbocycles. The van der Waals surface area contributed by atoms with Crippen LogP contribution >= 0.6 is 0 Å². The Morgan fingerprint density at radius 3 is 2.54 bits per heavy atom. The molecule has 0 bridgehead atoms. The maximum absolute atomic E-state index is 11.8. The Balaban J connectivity index is 1.82. The quantitative estimate of drug-likeness (QED) is 0.620. The molecule has 1 amide bonds. The molecule has 0 unspecified atom stereocenters. The molecule has 0 saturated heterocycles. The van der Waals surface area contributed by atoms with Crippen molar-refractivity contribution in [2.24, 2.45) is 5.10 Å². The standard InChI is InChI=1S/C20H24N2O2/c1-4-17-7-5-6-8-19(17)24-14-20(23)22-21-13-16-9-11-18(12-10-16)15(2)3/h5-13,15H,4,14H2,1-3H3,(H,22,23)/b21-13+. The van der Waals surface area contributed by atoms with Gasteiger partial charge in [0, 0.05) is 0 Å². The maximum atomic E-state index is 11.8. The summed E-state index contributed by atoms with van der Waals surface area (Å²) in [6.07, 6.45) is 2.49. The average Bonchev–Trinajstić information content (AvgIpc) is 2.60. The second kappa shape index (κ2) is 8.87. The fourth-order valence-electron chi connectivity index (χ4n) is 2.26. The zero-order chi connectivity index (χ0) is 17.4. The highest BCUT2D eigenvalue weighted by Crippen LogP contribution is 2.18. The highest BCUT2D eigenvalue weighted by Gasteiger charge is 2.04. The van der Waals surface area contributed by atoms with Crippen molar-refractivity contribution in [1.82, 2.24) is 5.43 Å². The first-order chi connectivity index (χ1) is 11.6. The van der Waals surface area contributed by atoms with Crippen LogP contribution in [0.1, 0.15) is 43.4 Å². The Bertz CT molecular complexity index is 691. The lowest BCUT2D eigenvalue weighted by Crippen LogP contribution is -2.24. The Hall–Kier alpha value is -2.62. The molecular formula is C20H24N2O2. The van der Waals surface area contributed by atoms with Crippen molar-refractivity contribution in [3.63, 3.8) is 0 Å². The van der Waals surface area contributed by atoms with Crippen LogP contribution < -0.4 is 10.2 Å². The number of hydrogen-bond acceptors (Lipinski definition) is 3. The van der Waals surface area contributed by atoms with Crippen molar-refractivity contribution in [2.45, 2.75) is 33.1 Å². The third-order valence-corrected chi connectivity index (χ3v) is 3.72. The molecule has 0 spiro atoms. The summed E-state index contributed by atoms with van der Waals surface area (Å²) in [6, 6.07) is 15.8. The number of para-hydroxylation sites is 1. The van der Waals surface area contributed by atoms with E-state index in [2.05, 4.69) is 43.4 Å². The van der Waals surface area contributed by atoms with Crippen LogP contribution in [0, 0.1) is 0 Å².